The molecule has 3 rings (SSSR count). The second kappa shape index (κ2) is 8.27. The predicted molar refractivity (Wildman–Crippen MR) is 107 cm³/mol. The van der Waals surface area contributed by atoms with Crippen molar-refractivity contribution in [3.05, 3.63) is 48.0 Å². The molecule has 2 aromatic rings. The van der Waals surface area contributed by atoms with Crippen LogP contribution >= 0.6 is 12.2 Å². The van der Waals surface area contributed by atoms with Gasteiger partial charge in [-0.3, -0.25) is 0 Å². The first-order valence-corrected chi connectivity index (χ1v) is 9.01. The van der Waals surface area contributed by atoms with Gasteiger partial charge in [0.25, 0.3) is 0 Å². The highest BCUT2D eigenvalue weighted by molar-refractivity contribution is 7.80. The van der Waals surface area contributed by atoms with Crippen LogP contribution in [0.25, 0.3) is 0 Å². The van der Waals surface area contributed by atoms with Gasteiger partial charge in [0.2, 0.25) is 0 Å². The molecule has 2 aromatic carbocycles. The Balaban J connectivity index is 1.83. The predicted octanol–water partition coefficient (Wildman–Crippen LogP) is 4.25. The number of thiocarbonyl (C=S) groups is 1. The summed E-state index contributed by atoms with van der Waals surface area (Å²) >= 11 is 5.70. The minimum absolute atomic E-state index is 0.172. The minimum atomic E-state index is 0.172. The number of benzene rings is 2. The Morgan fingerprint density at radius 2 is 1.81 bits per heavy atom. The number of methoxy groups -OCH3 is 3. The number of ether oxygens (including phenoxy) is 3. The van der Waals surface area contributed by atoms with Crippen LogP contribution in [0.3, 0.4) is 0 Å². The largest absolute Gasteiger partial charge is 0.497 e. The van der Waals surface area contributed by atoms with E-state index in [0.29, 0.717) is 5.11 Å². The first kappa shape index (κ1) is 18.3. The number of para-hydroxylation sites is 2. The normalized spacial score (nSPS) is 16.3. The number of hydrogen-bond donors (Lipinski definition) is 1. The maximum Gasteiger partial charge on any atom is 0.174 e. The lowest BCUT2D eigenvalue weighted by atomic mass is 10.0. The van der Waals surface area contributed by atoms with Crippen LogP contribution in [0.2, 0.25) is 0 Å². The summed E-state index contributed by atoms with van der Waals surface area (Å²) < 4.78 is 16.3. The van der Waals surface area contributed by atoms with Crippen molar-refractivity contribution in [1.82, 2.24) is 4.90 Å². The zero-order valence-corrected chi connectivity index (χ0v) is 16.1. The van der Waals surface area contributed by atoms with E-state index < -0.39 is 0 Å². The highest BCUT2D eigenvalue weighted by atomic mass is 32.1. The summed E-state index contributed by atoms with van der Waals surface area (Å²) in [6.07, 6.45) is 2.10. The van der Waals surface area contributed by atoms with Gasteiger partial charge in [-0.1, -0.05) is 12.1 Å². The average Bonchev–Trinajstić information content (AvgIpc) is 3.17. The van der Waals surface area contributed by atoms with Crippen LogP contribution in [0, 0.1) is 0 Å². The molecule has 1 fully saturated rings. The van der Waals surface area contributed by atoms with E-state index in [1.807, 2.05) is 36.4 Å². The molecule has 0 aliphatic carbocycles. The van der Waals surface area contributed by atoms with Crippen LogP contribution in [0.4, 0.5) is 5.69 Å². The fourth-order valence-electron chi connectivity index (χ4n) is 3.36. The topological polar surface area (TPSA) is 43.0 Å². The second-order valence-electron chi connectivity index (χ2n) is 6.09. The van der Waals surface area contributed by atoms with E-state index >= 15 is 0 Å². The quantitative estimate of drug-likeness (QED) is 0.792. The van der Waals surface area contributed by atoms with Crippen LogP contribution in [0.5, 0.6) is 17.2 Å². The average molecular weight is 372 g/mol. The van der Waals surface area contributed by atoms with E-state index in [-0.39, 0.29) is 6.04 Å². The van der Waals surface area contributed by atoms with Crippen molar-refractivity contribution >= 4 is 23.0 Å². The van der Waals surface area contributed by atoms with Crippen LogP contribution in [-0.4, -0.2) is 37.9 Å². The third kappa shape index (κ3) is 3.70. The van der Waals surface area contributed by atoms with Gasteiger partial charge in [-0.2, -0.15) is 0 Å². The zero-order valence-electron chi connectivity index (χ0n) is 15.3. The van der Waals surface area contributed by atoms with Crippen molar-refractivity contribution in [2.75, 3.05) is 33.2 Å². The van der Waals surface area contributed by atoms with E-state index in [1.54, 1.807) is 21.3 Å². The van der Waals surface area contributed by atoms with Gasteiger partial charge in [-0.15, -0.1) is 0 Å². The molecular weight excluding hydrogens is 348 g/mol. The Bertz CT molecular complexity index is 781. The lowest BCUT2D eigenvalue weighted by molar-refractivity contribution is 0.362. The standard InChI is InChI=1S/C20H24N2O3S/c1-23-14-10-11-15(19(13-14)25-3)17-8-6-12-22(17)20(26)21-16-7-4-5-9-18(16)24-2/h4-5,7,9-11,13,17H,6,8,12H2,1-3H3,(H,21,26). The molecule has 26 heavy (non-hydrogen) atoms. The Hall–Kier alpha value is -2.47. The van der Waals surface area contributed by atoms with Gasteiger partial charge in [-0.25, -0.2) is 0 Å². The van der Waals surface area contributed by atoms with Crippen molar-refractivity contribution in [3.63, 3.8) is 0 Å². The number of anilines is 1. The summed E-state index contributed by atoms with van der Waals surface area (Å²) in [5.41, 5.74) is 1.99. The molecule has 5 nitrogen and oxygen atoms in total. The van der Waals surface area contributed by atoms with Crippen LogP contribution in [-0.2, 0) is 0 Å². The maximum atomic E-state index is 5.70. The summed E-state index contributed by atoms with van der Waals surface area (Å²) in [5.74, 6) is 2.37. The van der Waals surface area contributed by atoms with Gasteiger partial charge >= 0.3 is 0 Å². The van der Waals surface area contributed by atoms with Gasteiger partial charge in [0.15, 0.2) is 5.11 Å². The molecule has 138 valence electrons. The van der Waals surface area contributed by atoms with E-state index in [2.05, 4.69) is 16.3 Å². The highest BCUT2D eigenvalue weighted by Crippen LogP contribution is 2.39. The number of nitrogens with one attached hydrogen (secondary N) is 1. The van der Waals surface area contributed by atoms with Gasteiger partial charge in [-0.05, 0) is 49.3 Å². The van der Waals surface area contributed by atoms with Crippen molar-refractivity contribution < 1.29 is 14.2 Å². The molecule has 1 saturated heterocycles. The Morgan fingerprint density at radius 3 is 2.54 bits per heavy atom. The molecule has 1 aliphatic heterocycles. The first-order chi connectivity index (χ1) is 12.7. The number of rotatable bonds is 5. The van der Waals surface area contributed by atoms with Gasteiger partial charge in [0, 0.05) is 18.2 Å². The fraction of sp³-hybridized carbons (Fsp3) is 0.350. The van der Waals surface area contributed by atoms with Gasteiger partial charge in [0.1, 0.15) is 17.2 Å². The van der Waals surface area contributed by atoms with E-state index in [9.17, 15) is 0 Å². The molecule has 1 N–H and O–H groups in total. The first-order valence-electron chi connectivity index (χ1n) is 8.60. The fourth-order valence-corrected chi connectivity index (χ4v) is 3.69. The lowest BCUT2D eigenvalue weighted by Gasteiger charge is -2.29. The van der Waals surface area contributed by atoms with Crippen LogP contribution in [0.15, 0.2) is 42.5 Å². The monoisotopic (exact) mass is 372 g/mol. The molecule has 0 bridgehead atoms. The molecule has 1 heterocycles. The summed E-state index contributed by atoms with van der Waals surface area (Å²) in [6, 6.07) is 13.9. The SMILES string of the molecule is COc1ccc(C2CCCN2C(=S)Nc2ccccc2OC)c(OC)c1. The summed E-state index contributed by atoms with van der Waals surface area (Å²) in [4.78, 5) is 2.21. The van der Waals surface area contributed by atoms with Crippen molar-refractivity contribution in [2.45, 2.75) is 18.9 Å². The Labute approximate surface area is 159 Å². The maximum absolute atomic E-state index is 5.70. The smallest absolute Gasteiger partial charge is 0.174 e. The molecule has 0 aromatic heterocycles. The van der Waals surface area contributed by atoms with Gasteiger partial charge < -0.3 is 24.4 Å². The van der Waals surface area contributed by atoms with Crippen LogP contribution in [0.1, 0.15) is 24.4 Å². The summed E-state index contributed by atoms with van der Waals surface area (Å²) in [6.45, 7) is 0.904. The Kier molecular flexibility index (Phi) is 5.83. The second-order valence-corrected chi connectivity index (χ2v) is 6.48. The molecule has 1 atom stereocenters. The van der Waals surface area contributed by atoms with E-state index in [4.69, 9.17) is 26.4 Å². The molecule has 0 saturated carbocycles. The summed E-state index contributed by atoms with van der Waals surface area (Å²) in [5, 5.41) is 4.02. The van der Waals surface area contributed by atoms with Crippen LogP contribution < -0.4 is 19.5 Å². The number of nitrogens with zero attached hydrogens (tertiary/aromatic N) is 1. The van der Waals surface area contributed by atoms with Gasteiger partial charge in [0.05, 0.1) is 33.1 Å². The van der Waals surface area contributed by atoms with Crippen molar-refractivity contribution in [3.8, 4) is 17.2 Å². The highest BCUT2D eigenvalue weighted by Gasteiger charge is 2.30. The Morgan fingerprint density at radius 1 is 1.04 bits per heavy atom. The number of hydrogen-bond acceptors (Lipinski definition) is 4. The third-order valence-corrected chi connectivity index (χ3v) is 5.00. The van der Waals surface area contributed by atoms with Crippen molar-refractivity contribution in [2.24, 2.45) is 0 Å². The summed E-state index contributed by atoms with van der Waals surface area (Å²) in [7, 11) is 5.00. The molecular formula is C20H24N2O3S. The minimum Gasteiger partial charge on any atom is -0.497 e. The molecule has 1 aliphatic rings. The van der Waals surface area contributed by atoms with E-state index in [0.717, 1.165) is 47.9 Å². The molecule has 0 radical (unpaired) electrons. The number of likely N-dealkylation sites (tertiary alicyclic amines) is 1. The third-order valence-electron chi connectivity index (χ3n) is 4.66. The molecule has 0 amide bonds. The van der Waals surface area contributed by atoms with E-state index in [1.165, 1.54) is 0 Å². The van der Waals surface area contributed by atoms with Crippen molar-refractivity contribution in [1.29, 1.82) is 0 Å². The lowest BCUT2D eigenvalue weighted by Crippen LogP contribution is -2.34. The molecule has 1 unspecified atom stereocenters. The zero-order chi connectivity index (χ0) is 18.5. The molecule has 0 spiro atoms. The molecule has 6 heteroatoms.